The van der Waals surface area contributed by atoms with E-state index in [1.54, 1.807) is 11.3 Å². The summed E-state index contributed by atoms with van der Waals surface area (Å²) < 4.78 is 10.3. The van der Waals surface area contributed by atoms with Gasteiger partial charge in [-0.2, -0.15) is 0 Å². The molecule has 2 atom stereocenters. The van der Waals surface area contributed by atoms with Gasteiger partial charge >= 0.3 is 5.97 Å². The first-order valence-corrected chi connectivity index (χ1v) is 8.01. The highest BCUT2D eigenvalue weighted by Crippen LogP contribution is 2.23. The summed E-state index contributed by atoms with van der Waals surface area (Å²) in [4.78, 5) is 15.8. The third-order valence-electron chi connectivity index (χ3n) is 3.47. The van der Waals surface area contributed by atoms with E-state index in [0.717, 1.165) is 30.5 Å². The Morgan fingerprint density at radius 2 is 2.55 bits per heavy atom. The van der Waals surface area contributed by atoms with Crippen LogP contribution in [0.2, 0.25) is 0 Å². The number of esters is 1. The molecule has 1 N–H and O–H groups in total. The maximum atomic E-state index is 11.3. The fourth-order valence-electron chi connectivity index (χ4n) is 2.21. The van der Waals surface area contributed by atoms with Gasteiger partial charge in [0.05, 0.1) is 25.3 Å². The Morgan fingerprint density at radius 3 is 3.25 bits per heavy atom. The molecule has 1 aromatic rings. The number of carbonyl (C=O) groups excluding carboxylic acids is 1. The van der Waals surface area contributed by atoms with E-state index in [9.17, 15) is 4.79 Å². The van der Waals surface area contributed by atoms with Crippen LogP contribution in [0.25, 0.3) is 0 Å². The third kappa shape index (κ3) is 4.45. The lowest BCUT2D eigenvalue weighted by molar-refractivity contribution is -0.143. The predicted octanol–water partition coefficient (Wildman–Crippen LogP) is 2.48. The summed E-state index contributed by atoms with van der Waals surface area (Å²) in [5, 5.41) is 6.35. The van der Waals surface area contributed by atoms with E-state index in [2.05, 4.69) is 17.2 Å². The van der Waals surface area contributed by atoms with Crippen LogP contribution in [0.15, 0.2) is 5.38 Å². The molecule has 5 nitrogen and oxygen atoms in total. The average Bonchev–Trinajstić information content (AvgIpc) is 3.08. The van der Waals surface area contributed by atoms with Crippen LogP contribution in [0.3, 0.4) is 0 Å². The first kappa shape index (κ1) is 15.3. The monoisotopic (exact) mass is 298 g/mol. The lowest BCUT2D eigenvalue weighted by atomic mass is 10.0. The van der Waals surface area contributed by atoms with Crippen LogP contribution in [-0.4, -0.2) is 36.8 Å². The summed E-state index contributed by atoms with van der Waals surface area (Å²) >= 11 is 1.59. The van der Waals surface area contributed by atoms with E-state index in [-0.39, 0.29) is 5.97 Å². The van der Waals surface area contributed by atoms with Gasteiger partial charge in [0.2, 0.25) is 0 Å². The van der Waals surface area contributed by atoms with Crippen molar-refractivity contribution in [3.8, 4) is 0 Å². The molecule has 0 bridgehead atoms. The minimum absolute atomic E-state index is 0.161. The molecule has 6 heteroatoms. The topological polar surface area (TPSA) is 60.5 Å². The van der Waals surface area contributed by atoms with Crippen molar-refractivity contribution in [2.45, 2.75) is 39.2 Å². The molecule has 0 radical (unpaired) electrons. The number of thiazole rings is 1. The quantitative estimate of drug-likeness (QED) is 0.784. The maximum Gasteiger partial charge on any atom is 0.306 e. The molecule has 1 aliphatic heterocycles. The SMILES string of the molecule is CCOC(=O)CCc1csc(NC(C)C2CCOC2)n1. The summed E-state index contributed by atoms with van der Waals surface area (Å²) in [6, 6.07) is 0.363. The second kappa shape index (κ2) is 7.59. The van der Waals surface area contributed by atoms with E-state index >= 15 is 0 Å². The molecule has 0 amide bonds. The molecular weight excluding hydrogens is 276 g/mol. The number of aromatic nitrogens is 1. The Kier molecular flexibility index (Phi) is 5.79. The fourth-order valence-corrected chi connectivity index (χ4v) is 3.05. The maximum absolute atomic E-state index is 11.3. The zero-order chi connectivity index (χ0) is 14.4. The molecule has 2 unspecified atom stereocenters. The second-order valence-electron chi connectivity index (χ2n) is 5.01. The number of anilines is 1. The minimum Gasteiger partial charge on any atom is -0.466 e. The van der Waals surface area contributed by atoms with Gasteiger partial charge in [0.1, 0.15) is 0 Å². The lowest BCUT2D eigenvalue weighted by Crippen LogP contribution is -2.26. The van der Waals surface area contributed by atoms with Gasteiger partial charge in [-0.3, -0.25) is 4.79 Å². The summed E-state index contributed by atoms with van der Waals surface area (Å²) in [7, 11) is 0. The van der Waals surface area contributed by atoms with Crippen molar-refractivity contribution in [1.29, 1.82) is 0 Å². The Labute approximate surface area is 123 Å². The van der Waals surface area contributed by atoms with Gasteiger partial charge in [0.25, 0.3) is 0 Å². The zero-order valence-corrected chi connectivity index (χ0v) is 12.9. The molecule has 0 aliphatic carbocycles. The molecule has 2 heterocycles. The Balaban J connectivity index is 1.78. The van der Waals surface area contributed by atoms with Crippen molar-refractivity contribution < 1.29 is 14.3 Å². The Bertz CT molecular complexity index is 430. The Morgan fingerprint density at radius 1 is 1.70 bits per heavy atom. The standard InChI is InChI=1S/C14H22N2O3S/c1-3-19-13(17)5-4-12-9-20-14(16-12)15-10(2)11-6-7-18-8-11/h9-11H,3-8H2,1-2H3,(H,15,16). The summed E-state index contributed by atoms with van der Waals surface area (Å²) in [5.74, 6) is 0.397. The molecule has 1 aliphatic rings. The van der Waals surface area contributed by atoms with E-state index in [0.29, 0.717) is 31.4 Å². The Hall–Kier alpha value is -1.14. The van der Waals surface area contributed by atoms with Crippen LogP contribution in [0.1, 0.15) is 32.4 Å². The van der Waals surface area contributed by atoms with Crippen molar-refractivity contribution in [2.75, 3.05) is 25.1 Å². The van der Waals surface area contributed by atoms with Crippen LogP contribution < -0.4 is 5.32 Å². The number of hydrogen-bond acceptors (Lipinski definition) is 6. The molecule has 1 fully saturated rings. The number of aryl methyl sites for hydroxylation is 1. The predicted molar refractivity (Wildman–Crippen MR) is 79.1 cm³/mol. The first-order valence-electron chi connectivity index (χ1n) is 7.13. The van der Waals surface area contributed by atoms with Gasteiger partial charge in [0.15, 0.2) is 5.13 Å². The van der Waals surface area contributed by atoms with E-state index < -0.39 is 0 Å². The molecule has 1 saturated heterocycles. The largest absolute Gasteiger partial charge is 0.466 e. The minimum atomic E-state index is -0.161. The van der Waals surface area contributed by atoms with Gasteiger partial charge in [0, 0.05) is 30.4 Å². The van der Waals surface area contributed by atoms with E-state index in [4.69, 9.17) is 9.47 Å². The van der Waals surface area contributed by atoms with Gasteiger partial charge in [-0.05, 0) is 20.3 Å². The van der Waals surface area contributed by atoms with Gasteiger partial charge < -0.3 is 14.8 Å². The van der Waals surface area contributed by atoms with Crippen molar-refractivity contribution in [2.24, 2.45) is 5.92 Å². The lowest BCUT2D eigenvalue weighted by Gasteiger charge is -2.18. The van der Waals surface area contributed by atoms with E-state index in [1.165, 1.54) is 0 Å². The smallest absolute Gasteiger partial charge is 0.306 e. The number of rotatable bonds is 7. The van der Waals surface area contributed by atoms with Crippen LogP contribution in [0, 0.1) is 5.92 Å². The number of nitrogens with zero attached hydrogens (tertiary/aromatic N) is 1. The summed E-state index contributed by atoms with van der Waals surface area (Å²) in [6.45, 7) is 6.11. The van der Waals surface area contributed by atoms with Crippen molar-refractivity contribution >= 4 is 22.4 Å². The van der Waals surface area contributed by atoms with Crippen LogP contribution in [-0.2, 0) is 20.7 Å². The van der Waals surface area contributed by atoms with Gasteiger partial charge in [-0.15, -0.1) is 11.3 Å². The number of ether oxygens (including phenoxy) is 2. The molecule has 20 heavy (non-hydrogen) atoms. The average molecular weight is 298 g/mol. The normalized spacial score (nSPS) is 19.8. The highest BCUT2D eigenvalue weighted by atomic mass is 32.1. The number of hydrogen-bond donors (Lipinski definition) is 1. The number of carbonyl (C=O) groups is 1. The number of nitrogens with one attached hydrogen (secondary N) is 1. The second-order valence-corrected chi connectivity index (χ2v) is 5.86. The van der Waals surface area contributed by atoms with Gasteiger partial charge in [-0.25, -0.2) is 4.98 Å². The third-order valence-corrected chi connectivity index (χ3v) is 4.29. The molecule has 1 aromatic heterocycles. The van der Waals surface area contributed by atoms with Crippen LogP contribution >= 0.6 is 11.3 Å². The van der Waals surface area contributed by atoms with E-state index in [1.807, 2.05) is 12.3 Å². The van der Waals surface area contributed by atoms with Crippen molar-refractivity contribution in [1.82, 2.24) is 4.98 Å². The molecular formula is C14H22N2O3S. The van der Waals surface area contributed by atoms with Crippen LogP contribution in [0.4, 0.5) is 5.13 Å². The zero-order valence-electron chi connectivity index (χ0n) is 12.1. The molecule has 112 valence electrons. The highest BCUT2D eigenvalue weighted by molar-refractivity contribution is 7.13. The molecule has 2 rings (SSSR count). The highest BCUT2D eigenvalue weighted by Gasteiger charge is 2.22. The van der Waals surface area contributed by atoms with Gasteiger partial charge in [-0.1, -0.05) is 0 Å². The summed E-state index contributed by atoms with van der Waals surface area (Å²) in [5.41, 5.74) is 0.945. The fraction of sp³-hybridized carbons (Fsp3) is 0.714. The molecule has 0 spiro atoms. The molecule has 0 saturated carbocycles. The van der Waals surface area contributed by atoms with Crippen molar-refractivity contribution in [3.05, 3.63) is 11.1 Å². The van der Waals surface area contributed by atoms with Crippen LogP contribution in [0.5, 0.6) is 0 Å². The first-order chi connectivity index (χ1) is 9.69. The summed E-state index contributed by atoms with van der Waals surface area (Å²) in [6.07, 6.45) is 2.14. The molecule has 0 aromatic carbocycles. The van der Waals surface area contributed by atoms with Crippen molar-refractivity contribution in [3.63, 3.8) is 0 Å².